The van der Waals surface area contributed by atoms with Gasteiger partial charge in [0.15, 0.2) is 0 Å². The van der Waals surface area contributed by atoms with Gasteiger partial charge in [0.25, 0.3) is 5.69 Å². The Morgan fingerprint density at radius 2 is 2.00 bits per heavy atom. The van der Waals surface area contributed by atoms with E-state index in [4.69, 9.17) is 4.74 Å². The van der Waals surface area contributed by atoms with Gasteiger partial charge in [0, 0.05) is 30.0 Å². The van der Waals surface area contributed by atoms with Crippen molar-refractivity contribution in [1.29, 1.82) is 0 Å². The normalized spacial score (nSPS) is 26.5. The van der Waals surface area contributed by atoms with Crippen LogP contribution in [-0.4, -0.2) is 23.6 Å². The van der Waals surface area contributed by atoms with Crippen molar-refractivity contribution in [2.45, 2.75) is 51.2 Å². The summed E-state index contributed by atoms with van der Waals surface area (Å²) in [4.78, 5) is 10.3. The van der Waals surface area contributed by atoms with Crippen LogP contribution in [-0.2, 0) is 0 Å². The first-order chi connectivity index (χ1) is 10.2. The summed E-state index contributed by atoms with van der Waals surface area (Å²) in [5.41, 5.74) is 0.384. The zero-order valence-corrected chi connectivity index (χ0v) is 12.4. The lowest BCUT2D eigenvalue weighted by Gasteiger charge is -2.54. The molecule has 5 nitrogen and oxygen atoms in total. The van der Waals surface area contributed by atoms with Crippen molar-refractivity contribution in [3.8, 4) is 5.75 Å². The molecule has 0 bridgehead atoms. The van der Waals surface area contributed by atoms with Crippen LogP contribution in [0, 0.1) is 15.5 Å². The number of nitro benzene ring substituents is 1. The van der Waals surface area contributed by atoms with Crippen molar-refractivity contribution in [2.24, 2.45) is 5.41 Å². The van der Waals surface area contributed by atoms with E-state index in [9.17, 15) is 10.1 Å². The zero-order valence-electron chi connectivity index (χ0n) is 12.4. The summed E-state index contributed by atoms with van der Waals surface area (Å²) in [5.74, 6) is 0.742. The molecule has 1 N–H and O–H groups in total. The van der Waals surface area contributed by atoms with Gasteiger partial charge in [0.1, 0.15) is 11.9 Å². The molecule has 2 aliphatic rings. The van der Waals surface area contributed by atoms with Crippen molar-refractivity contribution >= 4 is 5.69 Å². The van der Waals surface area contributed by atoms with Crippen LogP contribution >= 0.6 is 0 Å². The molecule has 0 radical (unpaired) electrons. The molecule has 0 heterocycles. The molecule has 21 heavy (non-hydrogen) atoms. The Hall–Kier alpha value is -1.62. The Morgan fingerprint density at radius 3 is 2.57 bits per heavy atom. The molecule has 1 aromatic carbocycles. The van der Waals surface area contributed by atoms with Crippen molar-refractivity contribution in [3.63, 3.8) is 0 Å². The van der Waals surface area contributed by atoms with Gasteiger partial charge in [-0.05, 0) is 31.5 Å². The van der Waals surface area contributed by atoms with Gasteiger partial charge in [-0.15, -0.1) is 0 Å². The second-order valence-corrected chi connectivity index (χ2v) is 6.14. The van der Waals surface area contributed by atoms with Crippen molar-refractivity contribution in [3.05, 3.63) is 34.4 Å². The van der Waals surface area contributed by atoms with E-state index in [2.05, 4.69) is 12.2 Å². The second kappa shape index (κ2) is 5.64. The zero-order chi connectivity index (χ0) is 14.9. The van der Waals surface area contributed by atoms with Gasteiger partial charge in [-0.25, -0.2) is 0 Å². The van der Waals surface area contributed by atoms with Crippen LogP contribution < -0.4 is 10.1 Å². The third-order valence-electron chi connectivity index (χ3n) is 5.10. The van der Waals surface area contributed by atoms with Crippen molar-refractivity contribution in [1.82, 2.24) is 5.32 Å². The minimum absolute atomic E-state index is 0.108. The number of rotatable bonds is 5. The molecule has 0 aromatic heterocycles. The van der Waals surface area contributed by atoms with E-state index in [0.29, 0.717) is 6.04 Å². The Labute approximate surface area is 124 Å². The standard InChI is InChI=1S/C16H22N2O3/c1-2-17-14-11-15(16(14)9-3-4-10-16)21-13-7-5-12(6-8-13)18(19)20/h5-8,14-15,17H,2-4,9-11H2,1H3. The van der Waals surface area contributed by atoms with Gasteiger partial charge >= 0.3 is 0 Å². The minimum Gasteiger partial charge on any atom is -0.490 e. The van der Waals surface area contributed by atoms with Gasteiger partial charge in [-0.3, -0.25) is 10.1 Å². The van der Waals surface area contributed by atoms with Crippen LogP contribution in [0.15, 0.2) is 24.3 Å². The van der Waals surface area contributed by atoms with E-state index in [-0.39, 0.29) is 22.1 Å². The van der Waals surface area contributed by atoms with E-state index < -0.39 is 0 Å². The van der Waals surface area contributed by atoms with E-state index >= 15 is 0 Å². The summed E-state index contributed by atoms with van der Waals surface area (Å²) < 4.78 is 6.14. The van der Waals surface area contributed by atoms with Gasteiger partial charge < -0.3 is 10.1 Å². The summed E-state index contributed by atoms with van der Waals surface area (Å²) in [6.45, 7) is 3.14. The quantitative estimate of drug-likeness (QED) is 0.667. The molecule has 5 heteroatoms. The maximum atomic E-state index is 10.7. The third-order valence-corrected chi connectivity index (χ3v) is 5.10. The lowest BCUT2D eigenvalue weighted by molar-refractivity contribution is -0.384. The largest absolute Gasteiger partial charge is 0.490 e. The lowest BCUT2D eigenvalue weighted by Crippen LogP contribution is -2.63. The molecule has 0 amide bonds. The van der Waals surface area contributed by atoms with Crippen LogP contribution in [0.4, 0.5) is 5.69 Å². The summed E-state index contributed by atoms with van der Waals surface area (Å²) in [5, 5.41) is 14.3. The average molecular weight is 290 g/mol. The molecule has 2 atom stereocenters. The lowest BCUT2D eigenvalue weighted by atomic mass is 9.60. The highest BCUT2D eigenvalue weighted by molar-refractivity contribution is 5.36. The van der Waals surface area contributed by atoms with Crippen molar-refractivity contribution < 1.29 is 9.66 Å². The summed E-state index contributed by atoms with van der Waals surface area (Å²) in [6.07, 6.45) is 6.28. The number of non-ortho nitro benzene ring substituents is 1. The molecule has 1 aromatic rings. The maximum absolute atomic E-state index is 10.7. The summed E-state index contributed by atoms with van der Waals surface area (Å²) in [6, 6.07) is 7.00. The van der Waals surface area contributed by atoms with Gasteiger partial charge in [-0.2, -0.15) is 0 Å². The van der Waals surface area contributed by atoms with Gasteiger partial charge in [0.05, 0.1) is 4.92 Å². The average Bonchev–Trinajstić information content (AvgIpc) is 2.99. The maximum Gasteiger partial charge on any atom is 0.269 e. The third kappa shape index (κ3) is 2.50. The van der Waals surface area contributed by atoms with Crippen LogP contribution in [0.5, 0.6) is 5.75 Å². The number of benzene rings is 1. The summed E-state index contributed by atoms with van der Waals surface area (Å²) >= 11 is 0. The highest BCUT2D eigenvalue weighted by Gasteiger charge is 2.57. The molecule has 2 saturated carbocycles. The molecular formula is C16H22N2O3. The van der Waals surface area contributed by atoms with Gasteiger partial charge in [-0.1, -0.05) is 19.8 Å². The fourth-order valence-corrected chi connectivity index (χ4v) is 3.96. The predicted octanol–water partition coefficient (Wildman–Crippen LogP) is 3.28. The number of ether oxygens (including phenoxy) is 1. The summed E-state index contributed by atoms with van der Waals surface area (Å²) in [7, 11) is 0. The van der Waals surface area contributed by atoms with Crippen LogP contribution in [0.2, 0.25) is 0 Å². The van der Waals surface area contributed by atoms with Crippen LogP contribution in [0.3, 0.4) is 0 Å². The number of nitro groups is 1. The molecule has 2 unspecified atom stereocenters. The van der Waals surface area contributed by atoms with Crippen molar-refractivity contribution in [2.75, 3.05) is 6.54 Å². The molecule has 3 rings (SSSR count). The smallest absolute Gasteiger partial charge is 0.269 e. The van der Waals surface area contributed by atoms with Crippen LogP contribution in [0.25, 0.3) is 0 Å². The number of nitrogens with one attached hydrogen (secondary N) is 1. The van der Waals surface area contributed by atoms with E-state index in [1.54, 1.807) is 12.1 Å². The highest BCUT2D eigenvalue weighted by Crippen LogP contribution is 2.54. The molecule has 0 saturated heterocycles. The first-order valence-electron chi connectivity index (χ1n) is 7.80. The molecule has 1 spiro atoms. The Bertz CT molecular complexity index is 509. The van der Waals surface area contributed by atoms with E-state index in [1.165, 1.54) is 37.8 Å². The van der Waals surface area contributed by atoms with E-state index in [1.807, 2.05) is 0 Å². The Kier molecular flexibility index (Phi) is 3.85. The monoisotopic (exact) mass is 290 g/mol. The first-order valence-corrected chi connectivity index (χ1v) is 7.80. The highest BCUT2D eigenvalue weighted by atomic mass is 16.6. The molecule has 114 valence electrons. The SMILES string of the molecule is CCNC1CC(Oc2ccc([N+](=O)[O-])cc2)C12CCCC2. The minimum atomic E-state index is -0.382. The van der Waals surface area contributed by atoms with E-state index in [0.717, 1.165) is 18.7 Å². The van der Waals surface area contributed by atoms with Crippen LogP contribution in [0.1, 0.15) is 39.0 Å². The molecule has 0 aliphatic heterocycles. The number of nitrogens with zero attached hydrogens (tertiary/aromatic N) is 1. The Morgan fingerprint density at radius 1 is 1.33 bits per heavy atom. The predicted molar refractivity (Wildman–Crippen MR) is 80.5 cm³/mol. The fraction of sp³-hybridized carbons (Fsp3) is 0.625. The number of hydrogen-bond donors (Lipinski definition) is 1. The molecule has 2 aliphatic carbocycles. The molecule has 2 fully saturated rings. The number of hydrogen-bond acceptors (Lipinski definition) is 4. The fourth-order valence-electron chi connectivity index (χ4n) is 3.96. The first kappa shape index (κ1) is 14.3. The van der Waals surface area contributed by atoms with Gasteiger partial charge in [0.2, 0.25) is 0 Å². The topological polar surface area (TPSA) is 64.4 Å². The second-order valence-electron chi connectivity index (χ2n) is 6.14. The molecular weight excluding hydrogens is 268 g/mol. The Balaban J connectivity index is 1.69.